The molecule has 0 saturated heterocycles. The van der Waals surface area contributed by atoms with E-state index in [-0.39, 0.29) is 5.88 Å². The van der Waals surface area contributed by atoms with Crippen LogP contribution in [0.5, 0.6) is 5.88 Å². The molecule has 1 N–H and O–H groups in total. The monoisotopic (exact) mass is 340 g/mol. The summed E-state index contributed by atoms with van der Waals surface area (Å²) in [5.74, 6) is 3.02. The van der Waals surface area contributed by atoms with Crippen LogP contribution in [0.15, 0.2) is 34.9 Å². The van der Waals surface area contributed by atoms with Crippen molar-refractivity contribution in [1.82, 2.24) is 10.3 Å². The lowest BCUT2D eigenvalue weighted by Crippen LogP contribution is -2.21. The summed E-state index contributed by atoms with van der Waals surface area (Å²) in [6.07, 6.45) is -1.81. The van der Waals surface area contributed by atoms with Crippen molar-refractivity contribution in [2.24, 2.45) is 5.92 Å². The molecule has 1 saturated carbocycles. The summed E-state index contributed by atoms with van der Waals surface area (Å²) in [5, 5.41) is 3.14. The molecule has 3 rings (SSSR count). The van der Waals surface area contributed by atoms with Crippen LogP contribution >= 0.6 is 0 Å². The van der Waals surface area contributed by atoms with E-state index in [1.165, 1.54) is 6.20 Å². The number of nitrogens with zero attached hydrogens (tertiary/aromatic N) is 1. The van der Waals surface area contributed by atoms with Crippen molar-refractivity contribution in [2.75, 3.05) is 6.61 Å². The zero-order chi connectivity index (χ0) is 17.2. The van der Waals surface area contributed by atoms with E-state index in [9.17, 15) is 13.2 Å². The Bertz CT molecular complexity index is 684. The summed E-state index contributed by atoms with van der Waals surface area (Å²) in [4.78, 5) is 3.87. The Morgan fingerprint density at radius 2 is 2.08 bits per heavy atom. The highest BCUT2D eigenvalue weighted by atomic mass is 19.4. The van der Waals surface area contributed by atoms with Crippen LogP contribution in [-0.2, 0) is 13.1 Å². The van der Waals surface area contributed by atoms with Crippen LogP contribution < -0.4 is 10.1 Å². The van der Waals surface area contributed by atoms with Crippen LogP contribution in [-0.4, -0.2) is 17.8 Å². The van der Waals surface area contributed by atoms with Crippen molar-refractivity contribution >= 4 is 0 Å². The molecule has 0 radical (unpaired) electrons. The van der Waals surface area contributed by atoms with Gasteiger partial charge in [0.05, 0.1) is 6.54 Å². The molecule has 0 bridgehead atoms. The lowest BCUT2D eigenvalue weighted by molar-refractivity contribution is -0.154. The molecule has 0 aliphatic heterocycles. The quantitative estimate of drug-likeness (QED) is 0.827. The van der Waals surface area contributed by atoms with Crippen molar-refractivity contribution < 1.29 is 22.3 Å². The molecule has 1 aliphatic rings. The van der Waals surface area contributed by atoms with Crippen LogP contribution in [0.3, 0.4) is 0 Å². The Labute approximate surface area is 138 Å². The van der Waals surface area contributed by atoms with Crippen LogP contribution in [0.2, 0.25) is 0 Å². The summed E-state index contributed by atoms with van der Waals surface area (Å²) in [7, 11) is 0. The summed E-state index contributed by atoms with van der Waals surface area (Å²) in [5.41, 5.74) is 0.573. The maximum atomic E-state index is 12.3. The van der Waals surface area contributed by atoms with Gasteiger partial charge in [-0.15, -0.1) is 0 Å². The highest BCUT2D eigenvalue weighted by Crippen LogP contribution is 2.47. The van der Waals surface area contributed by atoms with Gasteiger partial charge in [0.2, 0.25) is 5.88 Å². The van der Waals surface area contributed by atoms with Gasteiger partial charge in [-0.2, -0.15) is 13.2 Å². The third-order valence-corrected chi connectivity index (χ3v) is 3.99. The fourth-order valence-corrected chi connectivity index (χ4v) is 2.57. The van der Waals surface area contributed by atoms with E-state index in [0.29, 0.717) is 30.5 Å². The number of halogens is 3. The Morgan fingerprint density at radius 1 is 1.29 bits per heavy atom. The topological polar surface area (TPSA) is 47.3 Å². The van der Waals surface area contributed by atoms with Gasteiger partial charge in [-0.3, -0.25) is 0 Å². The number of rotatable bonds is 7. The first-order valence-electron chi connectivity index (χ1n) is 7.85. The molecular weight excluding hydrogens is 321 g/mol. The molecule has 2 atom stereocenters. The predicted octanol–water partition coefficient (Wildman–Crippen LogP) is 4.03. The maximum absolute atomic E-state index is 12.3. The van der Waals surface area contributed by atoms with Crippen molar-refractivity contribution in [1.29, 1.82) is 0 Å². The number of hydrogen-bond donors (Lipinski definition) is 1. The molecule has 2 heterocycles. The summed E-state index contributed by atoms with van der Waals surface area (Å²) in [6.45, 7) is 1.68. The SMILES string of the molecule is CC1CC1c1ccc(CNCc2cccnc2OCC(F)(F)F)o1. The molecule has 0 aromatic carbocycles. The smallest absolute Gasteiger partial charge is 0.422 e. The third-order valence-electron chi connectivity index (χ3n) is 3.99. The third kappa shape index (κ3) is 4.50. The zero-order valence-corrected chi connectivity index (χ0v) is 13.3. The fourth-order valence-electron chi connectivity index (χ4n) is 2.57. The summed E-state index contributed by atoms with van der Waals surface area (Å²) >= 11 is 0. The first-order chi connectivity index (χ1) is 11.4. The van der Waals surface area contributed by atoms with Crippen molar-refractivity contribution in [3.63, 3.8) is 0 Å². The lowest BCUT2D eigenvalue weighted by atomic mass is 10.2. The maximum Gasteiger partial charge on any atom is 0.422 e. The van der Waals surface area contributed by atoms with E-state index in [2.05, 4.69) is 17.2 Å². The fraction of sp³-hybridized carbons (Fsp3) is 0.471. The molecule has 2 aromatic heterocycles. The van der Waals surface area contributed by atoms with Crippen LogP contribution in [0.1, 0.15) is 36.3 Å². The molecule has 7 heteroatoms. The number of furan rings is 1. The molecular formula is C17H19F3N2O2. The van der Waals surface area contributed by atoms with Gasteiger partial charge in [-0.25, -0.2) is 4.98 Å². The molecule has 1 aliphatic carbocycles. The van der Waals surface area contributed by atoms with Gasteiger partial charge in [-0.05, 0) is 30.5 Å². The second kappa shape index (κ2) is 6.84. The van der Waals surface area contributed by atoms with Gasteiger partial charge in [0, 0.05) is 24.2 Å². The number of hydrogen-bond acceptors (Lipinski definition) is 4. The van der Waals surface area contributed by atoms with E-state index >= 15 is 0 Å². The standard InChI is InChI=1S/C17H19F3N2O2/c1-11-7-14(11)15-5-4-13(24-15)9-21-8-12-3-2-6-22-16(12)23-10-17(18,19)20/h2-6,11,14,21H,7-10H2,1H3. The minimum Gasteiger partial charge on any atom is -0.468 e. The molecule has 1 fully saturated rings. The van der Waals surface area contributed by atoms with E-state index < -0.39 is 12.8 Å². The summed E-state index contributed by atoms with van der Waals surface area (Å²) in [6, 6.07) is 7.27. The average molecular weight is 340 g/mol. The number of alkyl halides is 3. The predicted molar refractivity (Wildman–Crippen MR) is 81.6 cm³/mol. The number of aromatic nitrogens is 1. The van der Waals surface area contributed by atoms with Gasteiger partial charge < -0.3 is 14.5 Å². The van der Waals surface area contributed by atoms with Crippen LogP contribution in [0, 0.1) is 5.92 Å². The Morgan fingerprint density at radius 3 is 2.79 bits per heavy atom. The molecule has 0 spiro atoms. The highest BCUT2D eigenvalue weighted by molar-refractivity contribution is 5.25. The van der Waals surface area contributed by atoms with Gasteiger partial charge in [0.15, 0.2) is 6.61 Å². The lowest BCUT2D eigenvalue weighted by Gasteiger charge is -2.12. The van der Waals surface area contributed by atoms with Crippen molar-refractivity contribution in [2.45, 2.75) is 38.5 Å². The zero-order valence-electron chi connectivity index (χ0n) is 13.3. The minimum absolute atomic E-state index is 0.00531. The van der Waals surface area contributed by atoms with Gasteiger partial charge in [0.25, 0.3) is 0 Å². The number of pyridine rings is 1. The Hall–Kier alpha value is -2.02. The second-order valence-electron chi connectivity index (χ2n) is 6.10. The van der Waals surface area contributed by atoms with E-state index in [4.69, 9.17) is 9.15 Å². The van der Waals surface area contributed by atoms with Gasteiger partial charge in [0.1, 0.15) is 11.5 Å². The first kappa shape index (κ1) is 16.8. The molecule has 2 unspecified atom stereocenters. The van der Waals surface area contributed by atoms with E-state index in [0.717, 1.165) is 17.9 Å². The largest absolute Gasteiger partial charge is 0.468 e. The first-order valence-corrected chi connectivity index (χ1v) is 7.85. The number of nitrogens with one attached hydrogen (secondary N) is 1. The van der Waals surface area contributed by atoms with E-state index in [1.807, 2.05) is 12.1 Å². The van der Waals surface area contributed by atoms with Crippen LogP contribution in [0.4, 0.5) is 13.2 Å². The highest BCUT2D eigenvalue weighted by Gasteiger charge is 2.36. The van der Waals surface area contributed by atoms with Crippen LogP contribution in [0.25, 0.3) is 0 Å². The number of ether oxygens (including phenoxy) is 1. The minimum atomic E-state index is -4.38. The average Bonchev–Trinajstić information content (AvgIpc) is 3.07. The van der Waals surface area contributed by atoms with Crippen molar-refractivity contribution in [3.8, 4) is 5.88 Å². The Balaban J connectivity index is 1.52. The van der Waals surface area contributed by atoms with Gasteiger partial charge >= 0.3 is 6.18 Å². The summed E-state index contributed by atoms with van der Waals surface area (Å²) < 4.78 is 47.3. The normalized spacial score (nSPS) is 20.2. The van der Waals surface area contributed by atoms with Gasteiger partial charge in [-0.1, -0.05) is 13.0 Å². The van der Waals surface area contributed by atoms with E-state index in [1.54, 1.807) is 12.1 Å². The Kier molecular flexibility index (Phi) is 4.80. The molecule has 24 heavy (non-hydrogen) atoms. The second-order valence-corrected chi connectivity index (χ2v) is 6.10. The van der Waals surface area contributed by atoms with Crippen molar-refractivity contribution in [3.05, 3.63) is 47.5 Å². The molecule has 130 valence electrons. The molecule has 4 nitrogen and oxygen atoms in total. The molecule has 0 amide bonds. The molecule has 2 aromatic rings.